The van der Waals surface area contributed by atoms with Crippen LogP contribution in [0.5, 0.6) is 0 Å². The summed E-state index contributed by atoms with van der Waals surface area (Å²) < 4.78 is 25.7. The summed E-state index contributed by atoms with van der Waals surface area (Å²) in [6.07, 6.45) is 0. The Morgan fingerprint density at radius 1 is 1.19 bits per heavy atom. The smallest absolute Gasteiger partial charge is 0.214 e. The van der Waals surface area contributed by atoms with Gasteiger partial charge in [0.25, 0.3) is 0 Å². The number of Topliss-reactive ketones (excluding diaryl/α,β-unsaturated/α-hetero) is 1. The van der Waals surface area contributed by atoms with Gasteiger partial charge in [0.05, 0.1) is 12.5 Å². The van der Waals surface area contributed by atoms with Gasteiger partial charge < -0.3 is 15.2 Å². The van der Waals surface area contributed by atoms with Gasteiger partial charge in [-0.3, -0.25) is 4.79 Å². The van der Waals surface area contributed by atoms with E-state index in [9.17, 15) is 14.4 Å². The molecular formula is C21H17FN2O3. The Morgan fingerprint density at radius 3 is 2.48 bits per heavy atom. The standard InChI is InChI=1S/C21H17FN2O3/c1-2-26-20-18(25)17(14-10-6-7-11-16(14)22)15(12-23)21(24)27-19(20)13-8-4-3-5-9-13/h3-11,17H,2,24H2,1H3. The van der Waals surface area contributed by atoms with Gasteiger partial charge in [0.1, 0.15) is 17.5 Å². The van der Waals surface area contributed by atoms with Crippen molar-refractivity contribution in [1.29, 1.82) is 5.26 Å². The number of rotatable bonds is 4. The minimum atomic E-state index is -1.25. The van der Waals surface area contributed by atoms with Crippen molar-refractivity contribution in [3.8, 4) is 6.07 Å². The molecule has 0 bridgehead atoms. The largest absolute Gasteiger partial charge is 0.487 e. The number of nitrogens with zero attached hydrogens (tertiary/aromatic N) is 1. The van der Waals surface area contributed by atoms with Gasteiger partial charge in [-0.05, 0) is 13.0 Å². The lowest BCUT2D eigenvalue weighted by Crippen LogP contribution is -2.20. The summed E-state index contributed by atoms with van der Waals surface area (Å²) in [4.78, 5) is 13.3. The molecule has 6 heteroatoms. The van der Waals surface area contributed by atoms with Crippen LogP contribution in [-0.2, 0) is 14.3 Å². The molecule has 2 aromatic rings. The van der Waals surface area contributed by atoms with Crippen LogP contribution in [-0.4, -0.2) is 12.4 Å². The number of carbonyl (C=O) groups excluding carboxylic acids is 1. The number of hydrogen-bond acceptors (Lipinski definition) is 5. The quantitative estimate of drug-likeness (QED) is 0.896. The number of nitriles is 1. The molecule has 1 unspecified atom stereocenters. The highest BCUT2D eigenvalue weighted by Crippen LogP contribution is 2.38. The van der Waals surface area contributed by atoms with Crippen LogP contribution in [0.15, 0.2) is 71.8 Å². The van der Waals surface area contributed by atoms with Crippen molar-refractivity contribution in [1.82, 2.24) is 0 Å². The normalized spacial score (nSPS) is 17.2. The molecule has 136 valence electrons. The summed E-state index contributed by atoms with van der Waals surface area (Å²) in [5.41, 5.74) is 6.43. The number of ketones is 1. The van der Waals surface area contributed by atoms with E-state index in [0.717, 1.165) is 0 Å². The van der Waals surface area contributed by atoms with Crippen molar-refractivity contribution in [2.45, 2.75) is 12.8 Å². The summed E-state index contributed by atoms with van der Waals surface area (Å²) in [5.74, 6) is -2.70. The maximum Gasteiger partial charge on any atom is 0.214 e. The van der Waals surface area contributed by atoms with E-state index in [4.69, 9.17) is 15.2 Å². The third kappa shape index (κ3) is 3.40. The van der Waals surface area contributed by atoms with Crippen LogP contribution < -0.4 is 5.73 Å². The molecule has 0 saturated carbocycles. The number of nitrogens with two attached hydrogens (primary N) is 1. The summed E-state index contributed by atoms with van der Waals surface area (Å²) in [6.45, 7) is 1.90. The number of allylic oxidation sites excluding steroid dienone is 2. The molecule has 2 N–H and O–H groups in total. The fourth-order valence-electron chi connectivity index (χ4n) is 2.91. The zero-order valence-corrected chi connectivity index (χ0v) is 14.6. The SMILES string of the molecule is CCOC1=C(c2ccccc2)OC(N)=C(C#N)C(c2ccccc2F)C1=O. The van der Waals surface area contributed by atoms with Crippen LogP contribution in [0.25, 0.3) is 5.76 Å². The summed E-state index contributed by atoms with van der Waals surface area (Å²) >= 11 is 0. The van der Waals surface area contributed by atoms with Crippen molar-refractivity contribution in [2.24, 2.45) is 5.73 Å². The molecule has 0 aliphatic carbocycles. The Hall–Kier alpha value is -3.59. The Balaban J connectivity index is 2.26. The Labute approximate surface area is 156 Å². The zero-order chi connectivity index (χ0) is 19.4. The van der Waals surface area contributed by atoms with Crippen molar-refractivity contribution in [3.63, 3.8) is 0 Å². The minimum absolute atomic E-state index is 0.0390. The summed E-state index contributed by atoms with van der Waals surface area (Å²) in [7, 11) is 0. The van der Waals surface area contributed by atoms with E-state index in [1.54, 1.807) is 37.3 Å². The first-order valence-corrected chi connectivity index (χ1v) is 8.37. The van der Waals surface area contributed by atoms with Crippen LogP contribution in [0, 0.1) is 17.1 Å². The van der Waals surface area contributed by atoms with E-state index >= 15 is 0 Å². The summed E-state index contributed by atoms with van der Waals surface area (Å²) in [5, 5.41) is 9.60. The van der Waals surface area contributed by atoms with Crippen LogP contribution >= 0.6 is 0 Å². The molecule has 0 aromatic heterocycles. The van der Waals surface area contributed by atoms with E-state index in [1.807, 2.05) is 12.1 Å². The van der Waals surface area contributed by atoms with Crippen LogP contribution in [0.1, 0.15) is 24.0 Å². The predicted octanol–water partition coefficient (Wildman–Crippen LogP) is 3.61. The van der Waals surface area contributed by atoms with Crippen molar-refractivity contribution in [3.05, 3.63) is 88.8 Å². The molecule has 1 aliphatic heterocycles. The van der Waals surface area contributed by atoms with Gasteiger partial charge in [-0.1, -0.05) is 48.5 Å². The molecule has 27 heavy (non-hydrogen) atoms. The highest BCUT2D eigenvalue weighted by molar-refractivity contribution is 6.06. The van der Waals surface area contributed by atoms with Crippen LogP contribution in [0.3, 0.4) is 0 Å². The molecule has 5 nitrogen and oxygen atoms in total. The first-order valence-electron chi connectivity index (χ1n) is 8.37. The molecule has 1 aliphatic rings. The molecule has 1 heterocycles. The fourth-order valence-corrected chi connectivity index (χ4v) is 2.91. The van der Waals surface area contributed by atoms with E-state index in [1.165, 1.54) is 18.2 Å². The van der Waals surface area contributed by atoms with E-state index in [-0.39, 0.29) is 35.1 Å². The number of carbonyl (C=O) groups is 1. The first-order chi connectivity index (χ1) is 13.1. The zero-order valence-electron chi connectivity index (χ0n) is 14.6. The second kappa shape index (κ2) is 7.75. The second-order valence-corrected chi connectivity index (χ2v) is 5.77. The first kappa shape index (κ1) is 18.2. The Morgan fingerprint density at radius 2 is 1.85 bits per heavy atom. The molecule has 3 rings (SSSR count). The average molecular weight is 364 g/mol. The van der Waals surface area contributed by atoms with Gasteiger partial charge in [0.15, 0.2) is 5.76 Å². The van der Waals surface area contributed by atoms with Crippen LogP contribution in [0.2, 0.25) is 0 Å². The van der Waals surface area contributed by atoms with E-state index in [2.05, 4.69) is 0 Å². The van der Waals surface area contributed by atoms with E-state index < -0.39 is 17.5 Å². The monoisotopic (exact) mass is 364 g/mol. The lowest BCUT2D eigenvalue weighted by Gasteiger charge is -2.16. The third-order valence-corrected chi connectivity index (χ3v) is 4.12. The molecule has 0 radical (unpaired) electrons. The molecule has 0 fully saturated rings. The molecule has 1 atom stereocenters. The number of ether oxygens (including phenoxy) is 2. The van der Waals surface area contributed by atoms with Crippen molar-refractivity contribution < 1.29 is 18.7 Å². The molecule has 2 aromatic carbocycles. The maximum absolute atomic E-state index is 14.4. The number of benzene rings is 2. The van der Waals surface area contributed by atoms with Gasteiger partial charge in [-0.2, -0.15) is 5.26 Å². The number of hydrogen-bond donors (Lipinski definition) is 1. The topological polar surface area (TPSA) is 85.3 Å². The third-order valence-electron chi connectivity index (χ3n) is 4.12. The van der Waals surface area contributed by atoms with Gasteiger partial charge in [0.2, 0.25) is 17.4 Å². The van der Waals surface area contributed by atoms with Gasteiger partial charge in [-0.25, -0.2) is 4.39 Å². The second-order valence-electron chi connectivity index (χ2n) is 5.77. The predicted molar refractivity (Wildman–Crippen MR) is 97.0 cm³/mol. The minimum Gasteiger partial charge on any atom is -0.487 e. The summed E-state index contributed by atoms with van der Waals surface area (Å²) in [6, 6.07) is 16.5. The average Bonchev–Trinajstić information content (AvgIpc) is 2.79. The van der Waals surface area contributed by atoms with Gasteiger partial charge >= 0.3 is 0 Å². The van der Waals surface area contributed by atoms with Crippen LogP contribution in [0.4, 0.5) is 4.39 Å². The molecule has 0 saturated heterocycles. The Kier molecular flexibility index (Phi) is 5.23. The lowest BCUT2D eigenvalue weighted by atomic mass is 9.86. The molecular weight excluding hydrogens is 347 g/mol. The number of halogens is 1. The lowest BCUT2D eigenvalue weighted by molar-refractivity contribution is -0.119. The van der Waals surface area contributed by atoms with Gasteiger partial charge in [0, 0.05) is 11.1 Å². The molecule has 0 amide bonds. The maximum atomic E-state index is 14.4. The van der Waals surface area contributed by atoms with E-state index in [0.29, 0.717) is 5.56 Å². The highest BCUT2D eigenvalue weighted by Gasteiger charge is 2.38. The van der Waals surface area contributed by atoms with Crippen molar-refractivity contribution >= 4 is 11.5 Å². The molecule has 0 spiro atoms. The van der Waals surface area contributed by atoms with Gasteiger partial charge in [-0.15, -0.1) is 0 Å². The van der Waals surface area contributed by atoms with Crippen molar-refractivity contribution in [2.75, 3.05) is 6.61 Å². The fraction of sp³-hybridized carbons (Fsp3) is 0.143. The Bertz CT molecular complexity index is 974. The highest BCUT2D eigenvalue weighted by atomic mass is 19.1.